The number of alkyl halides is 1. The van der Waals surface area contributed by atoms with E-state index in [1.165, 1.54) is 0 Å². The maximum absolute atomic E-state index is 12.3. The predicted molar refractivity (Wildman–Crippen MR) is 89.7 cm³/mol. The second kappa shape index (κ2) is 7.33. The lowest BCUT2D eigenvalue weighted by Gasteiger charge is -2.09. The van der Waals surface area contributed by atoms with E-state index in [0.717, 1.165) is 23.7 Å². The SMILES string of the molecule is O=S(=O)(NCCCCCI)c1cccc2ncccc12. The van der Waals surface area contributed by atoms with Crippen molar-refractivity contribution in [2.45, 2.75) is 24.2 Å². The van der Waals surface area contributed by atoms with Crippen molar-refractivity contribution in [3.05, 3.63) is 36.5 Å². The first-order valence-electron chi connectivity index (χ1n) is 6.54. The minimum atomic E-state index is -3.47. The number of nitrogens with zero attached hydrogens (tertiary/aromatic N) is 1. The summed E-state index contributed by atoms with van der Waals surface area (Å²) in [4.78, 5) is 4.49. The topological polar surface area (TPSA) is 59.1 Å². The Labute approximate surface area is 133 Å². The third-order valence-corrected chi connectivity index (χ3v) is 5.28. The molecule has 0 aliphatic carbocycles. The van der Waals surface area contributed by atoms with Gasteiger partial charge in [-0.3, -0.25) is 4.98 Å². The van der Waals surface area contributed by atoms with E-state index in [-0.39, 0.29) is 0 Å². The second-order valence-electron chi connectivity index (χ2n) is 4.47. The Morgan fingerprint density at radius 2 is 1.95 bits per heavy atom. The smallest absolute Gasteiger partial charge is 0.241 e. The number of nitrogens with one attached hydrogen (secondary N) is 1. The number of rotatable bonds is 7. The minimum absolute atomic E-state index is 0.303. The molecule has 0 fully saturated rings. The van der Waals surface area contributed by atoms with Crippen molar-refractivity contribution in [1.82, 2.24) is 9.71 Å². The number of fused-ring (bicyclic) bond motifs is 1. The number of aromatic nitrogens is 1. The van der Waals surface area contributed by atoms with Crippen molar-refractivity contribution in [2.75, 3.05) is 11.0 Å². The molecule has 0 saturated carbocycles. The van der Waals surface area contributed by atoms with E-state index in [9.17, 15) is 8.42 Å². The van der Waals surface area contributed by atoms with Crippen LogP contribution in [0.25, 0.3) is 10.9 Å². The lowest BCUT2D eigenvalue weighted by molar-refractivity contribution is 0.577. The Bertz CT molecular complexity index is 668. The lowest BCUT2D eigenvalue weighted by Crippen LogP contribution is -2.25. The predicted octanol–water partition coefficient (Wildman–Crippen LogP) is 3.12. The number of sulfonamides is 1. The maximum atomic E-state index is 12.3. The second-order valence-corrected chi connectivity index (χ2v) is 7.29. The van der Waals surface area contributed by atoms with Crippen LogP contribution in [0.5, 0.6) is 0 Å². The molecule has 0 unspecified atom stereocenters. The lowest BCUT2D eigenvalue weighted by atomic mass is 10.2. The van der Waals surface area contributed by atoms with E-state index in [1.54, 1.807) is 30.5 Å². The standard InChI is InChI=1S/C14H17IN2O2S/c15-9-2-1-3-11-17-20(18,19)14-8-4-7-13-12(14)6-5-10-16-13/h4-8,10,17H,1-3,9,11H2. The fourth-order valence-corrected chi connectivity index (χ4v) is 3.82. The molecule has 0 aliphatic rings. The van der Waals surface area contributed by atoms with Crippen molar-refractivity contribution in [3.8, 4) is 0 Å². The van der Waals surface area contributed by atoms with Gasteiger partial charge in [0.05, 0.1) is 10.4 Å². The van der Waals surface area contributed by atoms with Gasteiger partial charge in [-0.25, -0.2) is 13.1 Å². The summed E-state index contributed by atoms with van der Waals surface area (Å²) in [5.41, 5.74) is 0.695. The van der Waals surface area contributed by atoms with Crippen molar-refractivity contribution in [2.24, 2.45) is 0 Å². The van der Waals surface area contributed by atoms with Crippen LogP contribution in [-0.4, -0.2) is 24.4 Å². The van der Waals surface area contributed by atoms with E-state index >= 15 is 0 Å². The van der Waals surface area contributed by atoms with Crippen molar-refractivity contribution < 1.29 is 8.42 Å². The van der Waals surface area contributed by atoms with E-state index in [0.29, 0.717) is 22.3 Å². The quantitative estimate of drug-likeness (QED) is 0.438. The molecule has 0 spiro atoms. The Morgan fingerprint density at radius 3 is 2.75 bits per heavy atom. The number of halogens is 1. The van der Waals surface area contributed by atoms with E-state index in [2.05, 4.69) is 32.3 Å². The van der Waals surface area contributed by atoms with Crippen molar-refractivity contribution >= 4 is 43.5 Å². The number of hydrogen-bond donors (Lipinski definition) is 1. The Balaban J connectivity index is 2.15. The van der Waals surface area contributed by atoms with Gasteiger partial charge < -0.3 is 0 Å². The minimum Gasteiger partial charge on any atom is -0.256 e. The van der Waals surface area contributed by atoms with Gasteiger partial charge in [0, 0.05) is 18.1 Å². The highest BCUT2D eigenvalue weighted by Crippen LogP contribution is 2.20. The first-order valence-corrected chi connectivity index (χ1v) is 9.55. The van der Waals surface area contributed by atoms with Gasteiger partial charge in [0.1, 0.15) is 0 Å². The molecule has 20 heavy (non-hydrogen) atoms. The van der Waals surface area contributed by atoms with Gasteiger partial charge in [-0.2, -0.15) is 0 Å². The van der Waals surface area contributed by atoms with Crippen LogP contribution >= 0.6 is 22.6 Å². The zero-order valence-electron chi connectivity index (χ0n) is 11.0. The van der Waals surface area contributed by atoms with Crippen LogP contribution in [0.3, 0.4) is 0 Å². The maximum Gasteiger partial charge on any atom is 0.241 e. The molecule has 108 valence electrons. The summed E-state index contributed by atoms with van der Waals surface area (Å²) in [6.45, 7) is 0.482. The van der Waals surface area contributed by atoms with Crippen LogP contribution in [0, 0.1) is 0 Å². The molecule has 2 aromatic rings. The molecular formula is C14H17IN2O2S. The molecule has 0 saturated heterocycles. The molecule has 6 heteroatoms. The summed E-state index contributed by atoms with van der Waals surface area (Å²) in [6.07, 6.45) is 4.70. The number of unbranched alkanes of at least 4 members (excludes halogenated alkanes) is 2. The molecule has 2 rings (SSSR count). The molecule has 1 aromatic heterocycles. The number of pyridine rings is 1. The molecule has 1 aromatic carbocycles. The molecule has 0 radical (unpaired) electrons. The van der Waals surface area contributed by atoms with Gasteiger partial charge in [0.15, 0.2) is 0 Å². The fourth-order valence-electron chi connectivity index (χ4n) is 1.99. The summed E-state index contributed by atoms with van der Waals surface area (Å²) in [6, 6.07) is 8.70. The van der Waals surface area contributed by atoms with Crippen molar-refractivity contribution in [1.29, 1.82) is 0 Å². The van der Waals surface area contributed by atoms with Crippen LogP contribution in [0.2, 0.25) is 0 Å². The fraction of sp³-hybridized carbons (Fsp3) is 0.357. The zero-order valence-corrected chi connectivity index (χ0v) is 14.0. The Kier molecular flexibility index (Phi) is 5.74. The molecule has 1 N–H and O–H groups in total. The van der Waals surface area contributed by atoms with Gasteiger partial charge in [-0.15, -0.1) is 0 Å². The van der Waals surface area contributed by atoms with Gasteiger partial charge >= 0.3 is 0 Å². The molecule has 0 atom stereocenters. The normalized spacial score (nSPS) is 11.8. The van der Waals surface area contributed by atoms with Crippen molar-refractivity contribution in [3.63, 3.8) is 0 Å². The van der Waals surface area contributed by atoms with E-state index < -0.39 is 10.0 Å². The first kappa shape index (κ1) is 15.7. The summed E-state index contributed by atoms with van der Waals surface area (Å²) in [5, 5.41) is 0.662. The van der Waals surface area contributed by atoms with Gasteiger partial charge in [0.2, 0.25) is 10.0 Å². The average Bonchev–Trinajstić information content (AvgIpc) is 2.46. The summed E-state index contributed by atoms with van der Waals surface area (Å²) in [7, 11) is -3.47. The van der Waals surface area contributed by atoms with Gasteiger partial charge in [-0.05, 0) is 41.5 Å². The largest absolute Gasteiger partial charge is 0.256 e. The highest BCUT2D eigenvalue weighted by atomic mass is 127. The van der Waals surface area contributed by atoms with Crippen LogP contribution < -0.4 is 4.72 Å². The van der Waals surface area contributed by atoms with Crippen LogP contribution in [0.15, 0.2) is 41.4 Å². The summed E-state index contributed by atoms with van der Waals surface area (Å²) >= 11 is 2.33. The van der Waals surface area contributed by atoms with Gasteiger partial charge in [0.25, 0.3) is 0 Å². The molecule has 1 heterocycles. The zero-order chi connectivity index (χ0) is 14.4. The third-order valence-electron chi connectivity index (χ3n) is 3.00. The highest BCUT2D eigenvalue weighted by Gasteiger charge is 2.16. The van der Waals surface area contributed by atoms with Crippen LogP contribution in [0.1, 0.15) is 19.3 Å². The number of hydrogen-bond acceptors (Lipinski definition) is 3. The van der Waals surface area contributed by atoms with Gasteiger partial charge in [-0.1, -0.05) is 35.1 Å². The monoisotopic (exact) mass is 404 g/mol. The molecular weight excluding hydrogens is 387 g/mol. The first-order chi connectivity index (χ1) is 9.65. The molecule has 4 nitrogen and oxygen atoms in total. The Hall–Kier alpha value is -0.730. The molecule has 0 bridgehead atoms. The highest BCUT2D eigenvalue weighted by molar-refractivity contribution is 14.1. The van der Waals surface area contributed by atoms with E-state index in [4.69, 9.17) is 0 Å². The van der Waals surface area contributed by atoms with Crippen LogP contribution in [0.4, 0.5) is 0 Å². The third kappa shape index (κ3) is 3.89. The average molecular weight is 404 g/mol. The van der Waals surface area contributed by atoms with E-state index in [1.807, 2.05) is 6.07 Å². The summed E-state index contributed by atoms with van der Waals surface area (Å²) < 4.78 is 28.5. The number of benzene rings is 1. The summed E-state index contributed by atoms with van der Waals surface area (Å²) in [5.74, 6) is 0. The Morgan fingerprint density at radius 1 is 1.10 bits per heavy atom. The molecule has 0 amide bonds. The molecule has 0 aliphatic heterocycles. The van der Waals surface area contributed by atoms with Crippen LogP contribution in [-0.2, 0) is 10.0 Å².